The van der Waals surface area contributed by atoms with Crippen molar-refractivity contribution in [3.8, 4) is 22.6 Å². The van der Waals surface area contributed by atoms with E-state index in [9.17, 15) is 15.0 Å². The topological polar surface area (TPSA) is 76.0 Å². The van der Waals surface area contributed by atoms with Gasteiger partial charge in [-0.15, -0.1) is 0 Å². The number of phenols is 2. The molecule has 6 heteroatoms. The van der Waals surface area contributed by atoms with Crippen LogP contribution in [0.15, 0.2) is 24.3 Å². The van der Waals surface area contributed by atoms with E-state index in [0.717, 1.165) is 72.5 Å². The molecule has 0 bridgehead atoms. The molecule has 0 radical (unpaired) electrons. The van der Waals surface area contributed by atoms with Gasteiger partial charge in [-0.1, -0.05) is 26.0 Å². The van der Waals surface area contributed by atoms with E-state index in [4.69, 9.17) is 0 Å². The van der Waals surface area contributed by atoms with E-state index < -0.39 is 0 Å². The minimum atomic E-state index is 0.0754. The number of amides is 1. The number of rotatable bonds is 5. The fraction of sp³-hybridized carbons (Fsp3) is 0.435. The van der Waals surface area contributed by atoms with Crippen molar-refractivity contribution in [2.24, 2.45) is 0 Å². The van der Waals surface area contributed by atoms with Crippen LogP contribution in [0.25, 0.3) is 11.1 Å². The molecule has 1 amide bonds. The molecule has 1 fully saturated rings. The van der Waals surface area contributed by atoms with E-state index in [1.165, 1.54) is 6.07 Å². The Balaban J connectivity index is 1.85. The number of benzene rings is 2. The molecule has 0 aliphatic carbocycles. The Morgan fingerprint density at radius 3 is 2.55 bits per heavy atom. The fourth-order valence-electron chi connectivity index (χ4n) is 4.45. The summed E-state index contributed by atoms with van der Waals surface area (Å²) in [6, 6.07) is 7.60. The van der Waals surface area contributed by atoms with Crippen LogP contribution in [0.3, 0.4) is 0 Å². The number of hydrogen-bond acceptors (Lipinski definition) is 5. The summed E-state index contributed by atoms with van der Waals surface area (Å²) in [7, 11) is 0. The van der Waals surface area contributed by atoms with Gasteiger partial charge in [-0.05, 0) is 39.8 Å². The molecule has 0 aromatic heterocycles. The van der Waals surface area contributed by atoms with Gasteiger partial charge in [0.2, 0.25) is 6.41 Å². The number of aromatic hydroxyl groups is 2. The summed E-state index contributed by atoms with van der Waals surface area (Å²) in [6.45, 7) is 9.90. The van der Waals surface area contributed by atoms with Crippen LogP contribution < -0.4 is 5.32 Å². The third kappa shape index (κ3) is 3.82. The van der Waals surface area contributed by atoms with E-state index in [-0.39, 0.29) is 17.4 Å². The number of nitrogens with one attached hydrogen (secondary N) is 1. The Bertz CT molecular complexity index is 920. The number of hydrogen-bond donors (Lipinski definition) is 3. The second kappa shape index (κ2) is 8.05. The summed E-state index contributed by atoms with van der Waals surface area (Å²) in [5.74, 6) is 0.326. The zero-order chi connectivity index (χ0) is 20.5. The highest BCUT2D eigenvalue weighted by atomic mass is 16.3. The Morgan fingerprint density at radius 2 is 1.86 bits per heavy atom. The maximum atomic E-state index is 11.4. The molecule has 2 aliphatic heterocycles. The molecule has 2 aromatic rings. The van der Waals surface area contributed by atoms with Crippen molar-refractivity contribution in [1.29, 1.82) is 0 Å². The molecule has 29 heavy (non-hydrogen) atoms. The van der Waals surface area contributed by atoms with Gasteiger partial charge in [-0.25, -0.2) is 0 Å². The zero-order valence-electron chi connectivity index (χ0n) is 17.1. The normalized spacial score (nSPS) is 17.0. The summed E-state index contributed by atoms with van der Waals surface area (Å²) >= 11 is 0. The van der Waals surface area contributed by atoms with E-state index >= 15 is 0 Å². The van der Waals surface area contributed by atoms with Gasteiger partial charge in [-0.3, -0.25) is 9.69 Å². The predicted octanol–water partition coefficient (Wildman–Crippen LogP) is 2.77. The fourth-order valence-corrected chi connectivity index (χ4v) is 4.45. The van der Waals surface area contributed by atoms with Crippen molar-refractivity contribution in [3.05, 3.63) is 46.5 Å². The van der Waals surface area contributed by atoms with Crippen LogP contribution in [0.5, 0.6) is 11.5 Å². The van der Waals surface area contributed by atoms with E-state index in [1.807, 2.05) is 19.9 Å². The van der Waals surface area contributed by atoms with E-state index in [2.05, 4.69) is 22.3 Å². The zero-order valence-corrected chi connectivity index (χ0v) is 17.1. The van der Waals surface area contributed by atoms with Gasteiger partial charge >= 0.3 is 0 Å². The molecule has 0 atom stereocenters. The highest BCUT2D eigenvalue weighted by Gasteiger charge is 2.26. The van der Waals surface area contributed by atoms with E-state index in [0.29, 0.717) is 13.1 Å². The van der Waals surface area contributed by atoms with Crippen molar-refractivity contribution in [1.82, 2.24) is 15.1 Å². The molecule has 3 N–H and O–H groups in total. The molecule has 154 valence electrons. The third-order valence-corrected chi connectivity index (χ3v) is 6.02. The van der Waals surface area contributed by atoms with Gasteiger partial charge in [0.25, 0.3) is 0 Å². The Labute approximate surface area is 171 Å². The van der Waals surface area contributed by atoms with Crippen molar-refractivity contribution in [2.75, 3.05) is 26.2 Å². The molecule has 0 spiro atoms. The molecule has 4 rings (SSSR count). The van der Waals surface area contributed by atoms with Crippen LogP contribution in [-0.4, -0.2) is 52.6 Å². The molecule has 6 nitrogen and oxygen atoms in total. The number of piperazine rings is 1. The average Bonchev–Trinajstić information content (AvgIpc) is 3.12. The minimum Gasteiger partial charge on any atom is -0.508 e. The number of carbonyl (C=O) groups excluding carboxylic acids is 1. The first-order chi connectivity index (χ1) is 14.0. The first kappa shape index (κ1) is 19.7. The van der Waals surface area contributed by atoms with Crippen LogP contribution in [-0.2, 0) is 24.4 Å². The largest absolute Gasteiger partial charge is 0.508 e. The average molecular weight is 396 g/mol. The molecule has 2 heterocycles. The summed E-state index contributed by atoms with van der Waals surface area (Å²) < 4.78 is 0. The van der Waals surface area contributed by atoms with Gasteiger partial charge in [0, 0.05) is 57.4 Å². The first-order valence-electron chi connectivity index (χ1n) is 10.3. The lowest BCUT2D eigenvalue weighted by Gasteiger charge is -2.29. The van der Waals surface area contributed by atoms with Gasteiger partial charge in [-0.2, -0.15) is 0 Å². The summed E-state index contributed by atoms with van der Waals surface area (Å²) in [4.78, 5) is 15.6. The summed E-state index contributed by atoms with van der Waals surface area (Å²) in [5.41, 5.74) is 5.92. The molecule has 0 saturated carbocycles. The van der Waals surface area contributed by atoms with Gasteiger partial charge < -0.3 is 20.4 Å². The predicted molar refractivity (Wildman–Crippen MR) is 113 cm³/mol. The Morgan fingerprint density at radius 1 is 1.10 bits per heavy atom. The van der Waals surface area contributed by atoms with Crippen LogP contribution >= 0.6 is 0 Å². The molecule has 1 saturated heterocycles. The molecular weight excluding hydrogens is 366 g/mol. The smallest absolute Gasteiger partial charge is 0.210 e. The third-order valence-electron chi connectivity index (χ3n) is 6.02. The molecular formula is C23H29N3O3. The lowest BCUT2D eigenvalue weighted by Crippen LogP contribution is -2.43. The molecule has 2 aliphatic rings. The van der Waals surface area contributed by atoms with Crippen molar-refractivity contribution in [2.45, 2.75) is 39.4 Å². The second-order valence-corrected chi connectivity index (χ2v) is 8.36. The first-order valence-corrected chi connectivity index (χ1v) is 10.3. The summed E-state index contributed by atoms with van der Waals surface area (Å²) in [6.07, 6.45) is 0.885. The SMILES string of the molecule is CC(C)c1cc(-c2c(CN3CCNCC3)ccc3c2CN(C=O)C3)c(O)cc1O. The lowest BCUT2D eigenvalue weighted by molar-refractivity contribution is -0.118. The van der Waals surface area contributed by atoms with Crippen LogP contribution in [0.1, 0.15) is 42.0 Å². The summed E-state index contributed by atoms with van der Waals surface area (Å²) in [5, 5.41) is 24.5. The standard InChI is InChI=1S/C23H29N3O3/c1-15(2)18-9-19(22(29)10-21(18)28)23-17(12-25-7-5-24-6-8-25)4-3-16-11-26(14-27)13-20(16)23/h3-4,9-10,14-15,24,28-29H,5-8,11-13H2,1-2H3. The number of nitrogens with zero attached hydrogens (tertiary/aromatic N) is 2. The molecule has 2 aromatic carbocycles. The maximum Gasteiger partial charge on any atom is 0.210 e. The van der Waals surface area contributed by atoms with Gasteiger partial charge in [0.05, 0.1) is 0 Å². The highest BCUT2D eigenvalue weighted by Crippen LogP contribution is 2.43. The Hall–Kier alpha value is -2.57. The maximum absolute atomic E-state index is 11.4. The quantitative estimate of drug-likeness (QED) is 0.679. The highest BCUT2D eigenvalue weighted by molar-refractivity contribution is 5.80. The number of carbonyl (C=O) groups is 1. The van der Waals surface area contributed by atoms with Crippen LogP contribution in [0.4, 0.5) is 0 Å². The monoisotopic (exact) mass is 395 g/mol. The van der Waals surface area contributed by atoms with Crippen molar-refractivity contribution < 1.29 is 15.0 Å². The van der Waals surface area contributed by atoms with Gasteiger partial charge in [0.1, 0.15) is 11.5 Å². The lowest BCUT2D eigenvalue weighted by atomic mass is 9.88. The Kier molecular flexibility index (Phi) is 5.48. The van der Waals surface area contributed by atoms with Crippen molar-refractivity contribution in [3.63, 3.8) is 0 Å². The van der Waals surface area contributed by atoms with Crippen LogP contribution in [0.2, 0.25) is 0 Å². The van der Waals surface area contributed by atoms with Gasteiger partial charge in [0.15, 0.2) is 0 Å². The van der Waals surface area contributed by atoms with E-state index in [1.54, 1.807) is 4.90 Å². The van der Waals surface area contributed by atoms with Crippen LogP contribution in [0, 0.1) is 0 Å². The van der Waals surface area contributed by atoms with Crippen molar-refractivity contribution >= 4 is 6.41 Å². The second-order valence-electron chi connectivity index (χ2n) is 8.36. The number of phenolic OH excluding ortho intramolecular Hbond substituents is 2. The number of fused-ring (bicyclic) bond motifs is 1. The minimum absolute atomic E-state index is 0.0754. The molecule has 0 unspecified atom stereocenters.